The fourth-order valence-corrected chi connectivity index (χ4v) is 3.00. The van der Waals surface area contributed by atoms with E-state index in [1.807, 2.05) is 0 Å². The monoisotopic (exact) mass is 370 g/mol. The van der Waals surface area contributed by atoms with Crippen LogP contribution in [0.2, 0.25) is 0 Å². The minimum atomic E-state index is -1.06. The summed E-state index contributed by atoms with van der Waals surface area (Å²) >= 11 is 0. The van der Waals surface area contributed by atoms with Gasteiger partial charge in [0.25, 0.3) is 0 Å². The Kier molecular flexibility index (Phi) is 4.27. The molecule has 0 unspecified atom stereocenters. The second-order valence-corrected chi connectivity index (χ2v) is 6.23. The molecule has 0 saturated heterocycles. The number of anilines is 1. The molecule has 0 saturated carbocycles. The van der Waals surface area contributed by atoms with Crippen LogP contribution in [0.15, 0.2) is 48.9 Å². The summed E-state index contributed by atoms with van der Waals surface area (Å²) in [6.07, 6.45) is 6.64. The average Bonchev–Trinajstić information content (AvgIpc) is 3.29. The summed E-state index contributed by atoms with van der Waals surface area (Å²) in [7, 11) is 1.74. The Morgan fingerprint density at radius 3 is 2.70 bits per heavy atom. The molecule has 1 aliphatic carbocycles. The molecule has 2 aromatic heterocycles. The van der Waals surface area contributed by atoms with Crippen LogP contribution in [0, 0.1) is 5.82 Å². The Morgan fingerprint density at radius 2 is 2.11 bits per heavy atom. The maximum atomic E-state index is 13.8. The Balaban J connectivity index is 1.57. The smallest absolute Gasteiger partial charge is 0.185 e. The van der Waals surface area contributed by atoms with Crippen molar-refractivity contribution in [3.8, 4) is 22.8 Å². The van der Waals surface area contributed by atoms with E-state index in [1.54, 1.807) is 30.2 Å². The molecule has 27 heavy (non-hydrogen) atoms. The maximum absolute atomic E-state index is 13.8. The zero-order chi connectivity index (χ0) is 19.0. The largest absolute Gasteiger partial charge is 0.507 e. The lowest BCUT2D eigenvalue weighted by atomic mass is 10.1. The van der Waals surface area contributed by atoms with Crippen LogP contribution >= 0.6 is 0 Å². The third-order valence-electron chi connectivity index (χ3n) is 4.51. The number of hydrogen-bond donors (Lipinski definition) is 1. The number of halogens is 2. The predicted octanol–water partition coefficient (Wildman–Crippen LogP) is 2.67. The van der Waals surface area contributed by atoms with E-state index in [4.69, 9.17) is 0 Å². The van der Waals surface area contributed by atoms with Gasteiger partial charge in [-0.2, -0.15) is 5.10 Å². The van der Waals surface area contributed by atoms with Gasteiger partial charge in [-0.15, -0.1) is 10.2 Å². The molecule has 1 N–H and O–H groups in total. The molecule has 0 bridgehead atoms. The first-order chi connectivity index (χ1) is 13.0. The highest BCUT2D eigenvalue weighted by Gasteiger charge is 2.27. The number of phenolic OH excluding ortho intramolecular Hbond substituents is 1. The molecular weight excluding hydrogens is 354 g/mol. The third-order valence-corrected chi connectivity index (χ3v) is 4.51. The molecule has 9 heteroatoms. The van der Waals surface area contributed by atoms with Crippen molar-refractivity contribution in [1.82, 2.24) is 25.0 Å². The van der Waals surface area contributed by atoms with Gasteiger partial charge in [0, 0.05) is 13.1 Å². The Bertz CT molecular complexity index is 988. The van der Waals surface area contributed by atoms with Crippen LogP contribution in [-0.2, 0) is 0 Å². The van der Waals surface area contributed by atoms with Gasteiger partial charge >= 0.3 is 0 Å². The van der Waals surface area contributed by atoms with E-state index < -0.39 is 12.0 Å². The zero-order valence-corrected chi connectivity index (χ0v) is 14.4. The van der Waals surface area contributed by atoms with Crippen molar-refractivity contribution in [3.05, 3.63) is 54.8 Å². The van der Waals surface area contributed by atoms with E-state index >= 15 is 0 Å². The van der Waals surface area contributed by atoms with E-state index in [-0.39, 0.29) is 17.6 Å². The highest BCUT2D eigenvalue weighted by molar-refractivity contribution is 5.66. The molecule has 0 radical (unpaired) electrons. The van der Waals surface area contributed by atoms with Crippen molar-refractivity contribution in [2.45, 2.75) is 18.6 Å². The van der Waals surface area contributed by atoms with Crippen LogP contribution < -0.4 is 4.90 Å². The quantitative estimate of drug-likeness (QED) is 0.712. The van der Waals surface area contributed by atoms with E-state index in [9.17, 15) is 13.9 Å². The molecule has 7 nitrogen and oxygen atoms in total. The van der Waals surface area contributed by atoms with Gasteiger partial charge in [0.2, 0.25) is 0 Å². The second kappa shape index (κ2) is 6.75. The van der Waals surface area contributed by atoms with Gasteiger partial charge < -0.3 is 10.0 Å². The molecule has 138 valence electrons. The predicted molar refractivity (Wildman–Crippen MR) is 94.9 cm³/mol. The van der Waals surface area contributed by atoms with Crippen LogP contribution in [-0.4, -0.2) is 49.3 Å². The summed E-state index contributed by atoms with van der Waals surface area (Å²) in [6, 6.07) is 4.36. The van der Waals surface area contributed by atoms with Crippen LogP contribution in [0.4, 0.5) is 14.6 Å². The first-order valence-electron chi connectivity index (χ1n) is 8.30. The highest BCUT2D eigenvalue weighted by atomic mass is 19.1. The summed E-state index contributed by atoms with van der Waals surface area (Å²) in [5, 5.41) is 22.3. The summed E-state index contributed by atoms with van der Waals surface area (Å²) in [6.45, 7) is 0. The average molecular weight is 370 g/mol. The summed E-state index contributed by atoms with van der Waals surface area (Å²) in [4.78, 5) is 5.93. The summed E-state index contributed by atoms with van der Waals surface area (Å²) < 4.78 is 28.2. The third kappa shape index (κ3) is 3.23. The Morgan fingerprint density at radius 1 is 1.26 bits per heavy atom. The first kappa shape index (κ1) is 17.1. The fourth-order valence-electron chi connectivity index (χ4n) is 3.00. The number of rotatable bonds is 4. The molecule has 1 aliphatic rings. The number of nitrogens with zero attached hydrogens (tertiary/aromatic N) is 6. The van der Waals surface area contributed by atoms with E-state index in [0.29, 0.717) is 23.5 Å². The maximum Gasteiger partial charge on any atom is 0.185 e. The molecule has 4 rings (SSSR count). The van der Waals surface area contributed by atoms with Crippen LogP contribution in [0.3, 0.4) is 0 Å². The standard InChI is InChI=1S/C18H16F2N6O/c1-25(15-4-2-3-14(15)20)17-9-21-18(24-23-17)13-6-5-12(7-16(13)27)26-10-11(19)8-22-26/h2-3,5-10,14-15,27H,4H2,1H3/t14-,15+/m1/s1. The van der Waals surface area contributed by atoms with Crippen LogP contribution in [0.5, 0.6) is 5.75 Å². The van der Waals surface area contributed by atoms with Gasteiger partial charge in [-0.1, -0.05) is 12.2 Å². The SMILES string of the molecule is CN(c1cnc(-c2ccc(-n3cc(F)cn3)cc2O)nn1)[C@H]1CC=C[C@H]1F. The van der Waals surface area contributed by atoms with Crippen LogP contribution in [0.1, 0.15) is 6.42 Å². The molecule has 0 aliphatic heterocycles. The molecule has 0 amide bonds. The fraction of sp³-hybridized carbons (Fsp3) is 0.222. The normalized spacial score (nSPS) is 18.8. The Hall–Kier alpha value is -3.36. The lowest BCUT2D eigenvalue weighted by molar-refractivity contribution is 0.348. The van der Waals surface area contributed by atoms with Crippen molar-refractivity contribution < 1.29 is 13.9 Å². The van der Waals surface area contributed by atoms with Crippen molar-refractivity contribution in [2.75, 3.05) is 11.9 Å². The van der Waals surface area contributed by atoms with Gasteiger partial charge in [0.1, 0.15) is 11.9 Å². The van der Waals surface area contributed by atoms with Crippen molar-refractivity contribution in [3.63, 3.8) is 0 Å². The first-order valence-corrected chi connectivity index (χ1v) is 8.30. The minimum Gasteiger partial charge on any atom is -0.507 e. The van der Waals surface area contributed by atoms with Gasteiger partial charge in [0.15, 0.2) is 17.5 Å². The number of benzene rings is 1. The molecule has 2 heterocycles. The minimum absolute atomic E-state index is 0.0878. The van der Waals surface area contributed by atoms with E-state index in [1.165, 1.54) is 29.2 Å². The van der Waals surface area contributed by atoms with Crippen molar-refractivity contribution in [1.29, 1.82) is 0 Å². The van der Waals surface area contributed by atoms with Gasteiger partial charge in [-0.3, -0.25) is 0 Å². The molecule has 0 spiro atoms. The van der Waals surface area contributed by atoms with Crippen molar-refractivity contribution >= 4 is 5.82 Å². The number of aromatic hydroxyl groups is 1. The number of phenols is 1. The molecule has 3 aromatic rings. The number of hydrogen-bond acceptors (Lipinski definition) is 6. The second-order valence-electron chi connectivity index (χ2n) is 6.23. The van der Waals surface area contributed by atoms with Crippen LogP contribution in [0.25, 0.3) is 17.1 Å². The van der Waals surface area contributed by atoms with E-state index in [2.05, 4.69) is 20.3 Å². The van der Waals surface area contributed by atoms with Crippen molar-refractivity contribution in [2.24, 2.45) is 0 Å². The Labute approximate surface area is 153 Å². The van der Waals surface area contributed by atoms with E-state index in [0.717, 1.165) is 6.20 Å². The van der Waals surface area contributed by atoms with Gasteiger partial charge in [0.05, 0.1) is 35.9 Å². The molecule has 1 aromatic carbocycles. The van der Waals surface area contributed by atoms with Gasteiger partial charge in [-0.05, 0) is 18.6 Å². The zero-order valence-electron chi connectivity index (χ0n) is 14.4. The van der Waals surface area contributed by atoms with Gasteiger partial charge in [-0.25, -0.2) is 18.4 Å². The summed E-state index contributed by atoms with van der Waals surface area (Å²) in [5.74, 6) is 0.108. The topological polar surface area (TPSA) is 80.0 Å². The highest BCUT2D eigenvalue weighted by Crippen LogP contribution is 2.29. The molecule has 2 atom stereocenters. The molecule has 0 fully saturated rings. The number of alkyl halides is 1. The lowest BCUT2D eigenvalue weighted by Crippen LogP contribution is -2.36. The number of aromatic nitrogens is 5. The lowest BCUT2D eigenvalue weighted by Gasteiger charge is -2.26. The summed E-state index contributed by atoms with van der Waals surface area (Å²) in [5.41, 5.74) is 0.867. The molecular formula is C18H16F2N6O.